The van der Waals surface area contributed by atoms with E-state index in [4.69, 9.17) is 16.3 Å². The number of aromatic amines is 1. The van der Waals surface area contributed by atoms with E-state index >= 15 is 0 Å². The predicted molar refractivity (Wildman–Crippen MR) is 121 cm³/mol. The highest BCUT2D eigenvalue weighted by molar-refractivity contribution is 9.10. The van der Waals surface area contributed by atoms with Crippen LogP contribution in [0.4, 0.5) is 0 Å². The first kappa shape index (κ1) is 21.2. The van der Waals surface area contributed by atoms with E-state index in [9.17, 15) is 9.90 Å². The van der Waals surface area contributed by atoms with Gasteiger partial charge in [0.15, 0.2) is 0 Å². The fraction of sp³-hybridized carbons (Fsp3) is 0.318. The number of rotatable bonds is 7. The predicted octanol–water partition coefficient (Wildman–Crippen LogP) is 4.41. The van der Waals surface area contributed by atoms with Gasteiger partial charge < -0.3 is 14.8 Å². The maximum atomic E-state index is 12.1. The molecule has 30 heavy (non-hydrogen) atoms. The molecule has 0 spiro atoms. The second kappa shape index (κ2) is 9.39. The number of benzene rings is 2. The zero-order valence-corrected chi connectivity index (χ0v) is 18.7. The fourth-order valence-electron chi connectivity index (χ4n) is 3.90. The van der Waals surface area contributed by atoms with Crippen LogP contribution in [-0.2, 0) is 4.79 Å². The quantitative estimate of drug-likeness (QED) is 0.511. The van der Waals surface area contributed by atoms with E-state index in [0.717, 1.165) is 46.3 Å². The summed E-state index contributed by atoms with van der Waals surface area (Å²) in [7, 11) is 0. The Morgan fingerprint density at radius 3 is 2.60 bits per heavy atom. The Labute approximate surface area is 188 Å². The van der Waals surface area contributed by atoms with Gasteiger partial charge in [-0.2, -0.15) is 0 Å². The number of fused-ring (bicyclic) bond motifs is 1. The molecule has 0 aliphatic carbocycles. The van der Waals surface area contributed by atoms with Crippen LogP contribution in [-0.4, -0.2) is 65.2 Å². The second-order valence-electron chi connectivity index (χ2n) is 7.35. The number of aromatic nitrogens is 1. The Kier molecular flexibility index (Phi) is 6.63. The molecule has 1 aliphatic rings. The molecule has 1 unspecified atom stereocenters. The Morgan fingerprint density at radius 1 is 1.17 bits per heavy atom. The Morgan fingerprint density at radius 2 is 1.90 bits per heavy atom. The third-order valence-electron chi connectivity index (χ3n) is 5.47. The monoisotopic (exact) mass is 491 g/mol. The van der Waals surface area contributed by atoms with Gasteiger partial charge in [-0.15, -0.1) is 0 Å². The summed E-state index contributed by atoms with van der Waals surface area (Å²) in [6.07, 6.45) is 1.82. The van der Waals surface area contributed by atoms with Crippen molar-refractivity contribution in [1.82, 2.24) is 14.8 Å². The van der Waals surface area contributed by atoms with E-state index in [1.54, 1.807) is 0 Å². The van der Waals surface area contributed by atoms with Crippen LogP contribution in [0.3, 0.4) is 0 Å². The number of hydrogen-bond donors (Lipinski definition) is 2. The first-order valence-corrected chi connectivity index (χ1v) is 11.0. The van der Waals surface area contributed by atoms with Gasteiger partial charge in [0.05, 0.1) is 0 Å². The number of ether oxygens (including phenoxy) is 1. The zero-order valence-electron chi connectivity index (χ0n) is 16.4. The molecule has 8 heteroatoms. The Hall–Kier alpha value is -2.06. The lowest BCUT2D eigenvalue weighted by Gasteiger charge is -2.37. The van der Waals surface area contributed by atoms with Crippen LogP contribution in [0.15, 0.2) is 53.1 Å². The van der Waals surface area contributed by atoms with Crippen LogP contribution in [0.5, 0.6) is 5.75 Å². The van der Waals surface area contributed by atoms with Crippen molar-refractivity contribution in [2.24, 2.45) is 0 Å². The Bertz CT molecular complexity index is 1020. The molecule has 1 fully saturated rings. The topological polar surface area (TPSA) is 68.8 Å². The fourth-order valence-corrected chi connectivity index (χ4v) is 4.38. The van der Waals surface area contributed by atoms with Gasteiger partial charge >= 0.3 is 5.97 Å². The third kappa shape index (κ3) is 4.81. The first-order valence-electron chi connectivity index (χ1n) is 9.85. The normalized spacial score (nSPS) is 16.6. The minimum absolute atomic E-state index is 0.584. The molecule has 1 aromatic heterocycles. The summed E-state index contributed by atoms with van der Waals surface area (Å²) in [5.74, 6) is -0.0233. The van der Waals surface area contributed by atoms with E-state index in [1.807, 2.05) is 53.6 Å². The molecule has 0 radical (unpaired) electrons. The number of H-pyrrole nitrogens is 1. The SMILES string of the molecule is O=C(O)C(c1c[nH]c2ccc(Br)cc12)N1CCN(CCOc2ccc(Cl)cc2)CC1. The van der Waals surface area contributed by atoms with Gasteiger partial charge in [-0.25, -0.2) is 0 Å². The van der Waals surface area contributed by atoms with E-state index in [0.29, 0.717) is 24.7 Å². The lowest BCUT2D eigenvalue weighted by molar-refractivity contribution is -0.144. The van der Waals surface area contributed by atoms with Crippen molar-refractivity contribution in [1.29, 1.82) is 0 Å². The molecule has 1 aliphatic heterocycles. The standard InChI is InChI=1S/C22H23BrClN3O3/c23-15-1-6-20-18(13-15)19(14-25-20)21(22(28)29)27-9-7-26(8-10-27)11-12-30-17-4-2-16(24)3-5-17/h1-6,13-14,21,25H,7-12H2,(H,28,29). The van der Waals surface area contributed by atoms with Crippen LogP contribution < -0.4 is 4.74 Å². The molecular formula is C22H23BrClN3O3. The molecule has 0 saturated carbocycles. The van der Waals surface area contributed by atoms with Crippen LogP contribution in [0, 0.1) is 0 Å². The highest BCUT2D eigenvalue weighted by Crippen LogP contribution is 2.31. The van der Waals surface area contributed by atoms with Gasteiger partial charge in [0, 0.05) is 64.9 Å². The summed E-state index contributed by atoms with van der Waals surface area (Å²) in [5.41, 5.74) is 1.75. The van der Waals surface area contributed by atoms with E-state index in [-0.39, 0.29) is 0 Å². The highest BCUT2D eigenvalue weighted by atomic mass is 79.9. The van der Waals surface area contributed by atoms with Crippen molar-refractivity contribution in [2.45, 2.75) is 6.04 Å². The molecule has 158 valence electrons. The summed E-state index contributed by atoms with van der Waals surface area (Å²) in [4.78, 5) is 19.7. The molecule has 2 N–H and O–H groups in total. The number of carbonyl (C=O) groups is 1. The van der Waals surface area contributed by atoms with Gasteiger partial charge in [-0.3, -0.25) is 14.6 Å². The van der Waals surface area contributed by atoms with Gasteiger partial charge in [-0.1, -0.05) is 27.5 Å². The van der Waals surface area contributed by atoms with Crippen LogP contribution in [0.25, 0.3) is 10.9 Å². The number of hydrogen-bond acceptors (Lipinski definition) is 4. The lowest BCUT2D eigenvalue weighted by Crippen LogP contribution is -2.50. The van der Waals surface area contributed by atoms with Crippen LogP contribution in [0.2, 0.25) is 5.02 Å². The van der Waals surface area contributed by atoms with Crippen molar-refractivity contribution >= 4 is 44.4 Å². The Balaban J connectivity index is 1.36. The molecular weight excluding hydrogens is 470 g/mol. The summed E-state index contributed by atoms with van der Waals surface area (Å²) in [5, 5.41) is 11.6. The number of halogens is 2. The van der Waals surface area contributed by atoms with Crippen molar-refractivity contribution in [2.75, 3.05) is 39.3 Å². The highest BCUT2D eigenvalue weighted by Gasteiger charge is 2.32. The largest absolute Gasteiger partial charge is 0.492 e. The van der Waals surface area contributed by atoms with Crippen molar-refractivity contribution in [3.05, 3.63) is 63.7 Å². The van der Waals surface area contributed by atoms with Crippen molar-refractivity contribution < 1.29 is 14.6 Å². The summed E-state index contributed by atoms with van der Waals surface area (Å²) >= 11 is 9.38. The molecule has 3 aromatic rings. The number of aliphatic carboxylic acids is 1. The molecule has 0 bridgehead atoms. The number of piperazine rings is 1. The van der Waals surface area contributed by atoms with E-state index in [2.05, 4.69) is 25.8 Å². The minimum Gasteiger partial charge on any atom is -0.492 e. The average Bonchev–Trinajstić information content (AvgIpc) is 3.13. The van der Waals surface area contributed by atoms with Gasteiger partial charge in [0.2, 0.25) is 0 Å². The minimum atomic E-state index is -0.824. The summed E-state index contributed by atoms with van der Waals surface area (Å²) in [6, 6.07) is 12.6. The maximum absolute atomic E-state index is 12.1. The molecule has 1 saturated heterocycles. The molecule has 1 atom stereocenters. The smallest absolute Gasteiger partial charge is 0.325 e. The molecule has 0 amide bonds. The van der Waals surface area contributed by atoms with Gasteiger partial charge in [0.25, 0.3) is 0 Å². The molecule has 2 aromatic carbocycles. The third-order valence-corrected chi connectivity index (χ3v) is 6.21. The summed E-state index contributed by atoms with van der Waals surface area (Å²) < 4.78 is 6.71. The van der Waals surface area contributed by atoms with Gasteiger partial charge in [-0.05, 0) is 42.5 Å². The number of nitrogens with zero attached hydrogens (tertiary/aromatic N) is 2. The number of carboxylic acids is 1. The van der Waals surface area contributed by atoms with Crippen LogP contribution in [0.1, 0.15) is 11.6 Å². The van der Waals surface area contributed by atoms with E-state index in [1.165, 1.54) is 0 Å². The average molecular weight is 493 g/mol. The summed E-state index contributed by atoms with van der Waals surface area (Å²) in [6.45, 7) is 4.38. The second-order valence-corrected chi connectivity index (χ2v) is 8.71. The molecule has 6 nitrogen and oxygen atoms in total. The maximum Gasteiger partial charge on any atom is 0.325 e. The lowest BCUT2D eigenvalue weighted by atomic mass is 10.0. The number of nitrogens with one attached hydrogen (secondary N) is 1. The van der Waals surface area contributed by atoms with Crippen molar-refractivity contribution in [3.8, 4) is 5.75 Å². The van der Waals surface area contributed by atoms with Crippen LogP contribution >= 0.6 is 27.5 Å². The number of carboxylic acid groups (broad SMARTS) is 1. The van der Waals surface area contributed by atoms with E-state index < -0.39 is 12.0 Å². The molecule has 2 heterocycles. The van der Waals surface area contributed by atoms with Crippen molar-refractivity contribution in [3.63, 3.8) is 0 Å². The zero-order chi connectivity index (χ0) is 21.1. The first-order chi connectivity index (χ1) is 14.5. The molecule has 4 rings (SSSR count). The van der Waals surface area contributed by atoms with Gasteiger partial charge in [0.1, 0.15) is 18.4 Å².